The summed E-state index contributed by atoms with van der Waals surface area (Å²) in [4.78, 5) is 30.8. The monoisotopic (exact) mass is 459 g/mol. The number of thioether (sulfide) groups is 1. The van der Waals surface area contributed by atoms with E-state index in [9.17, 15) is 9.59 Å². The normalized spacial score (nSPS) is 10.9. The molecule has 6 nitrogen and oxygen atoms in total. The van der Waals surface area contributed by atoms with Crippen molar-refractivity contribution in [1.29, 1.82) is 0 Å². The van der Waals surface area contributed by atoms with Gasteiger partial charge in [0.05, 0.1) is 29.0 Å². The SMILES string of the molecule is CCOc1ccc(-n2c(SCC(=O)Nc3cccc(C)c3C)nc3ccccc3c2=O)cc1. The molecule has 168 valence electrons. The molecule has 0 aliphatic carbocycles. The van der Waals surface area contributed by atoms with Crippen LogP contribution in [0.2, 0.25) is 0 Å². The zero-order chi connectivity index (χ0) is 23.4. The molecule has 33 heavy (non-hydrogen) atoms. The van der Waals surface area contributed by atoms with Crippen molar-refractivity contribution in [2.24, 2.45) is 0 Å². The van der Waals surface area contributed by atoms with Crippen molar-refractivity contribution in [2.75, 3.05) is 17.7 Å². The molecule has 0 saturated carbocycles. The summed E-state index contributed by atoms with van der Waals surface area (Å²) in [5, 5.41) is 3.94. The number of hydrogen-bond acceptors (Lipinski definition) is 5. The highest BCUT2D eigenvalue weighted by Gasteiger charge is 2.15. The molecule has 1 aromatic heterocycles. The van der Waals surface area contributed by atoms with E-state index in [2.05, 4.69) is 5.32 Å². The Hall–Kier alpha value is -3.58. The molecule has 0 aliphatic heterocycles. The number of rotatable bonds is 7. The maximum atomic E-state index is 13.4. The Labute approximate surface area is 196 Å². The standard InChI is InChI=1S/C26H25N3O3S/c1-4-32-20-14-12-19(13-15-20)29-25(31)21-9-5-6-10-23(21)28-26(29)33-16-24(30)27-22-11-7-8-17(2)18(22)3/h5-15H,4,16H2,1-3H3,(H,27,30). The number of amides is 1. The Morgan fingerprint density at radius 1 is 1.03 bits per heavy atom. The number of aromatic nitrogens is 2. The Morgan fingerprint density at radius 3 is 2.55 bits per heavy atom. The molecule has 0 radical (unpaired) electrons. The lowest BCUT2D eigenvalue weighted by Crippen LogP contribution is -2.23. The van der Waals surface area contributed by atoms with Gasteiger partial charge < -0.3 is 10.1 Å². The van der Waals surface area contributed by atoms with E-state index >= 15 is 0 Å². The number of fused-ring (bicyclic) bond motifs is 1. The van der Waals surface area contributed by atoms with Crippen molar-refractivity contribution in [1.82, 2.24) is 9.55 Å². The molecule has 3 aromatic carbocycles. The summed E-state index contributed by atoms with van der Waals surface area (Å²) in [5.74, 6) is 0.689. The predicted molar refractivity (Wildman–Crippen MR) is 134 cm³/mol. The summed E-state index contributed by atoms with van der Waals surface area (Å²) in [6, 6.07) is 20.3. The van der Waals surface area contributed by atoms with Gasteiger partial charge in [-0.3, -0.25) is 14.2 Å². The largest absolute Gasteiger partial charge is 0.494 e. The fourth-order valence-electron chi connectivity index (χ4n) is 3.50. The minimum atomic E-state index is -0.179. The van der Waals surface area contributed by atoms with Crippen molar-refractivity contribution in [2.45, 2.75) is 25.9 Å². The smallest absolute Gasteiger partial charge is 0.266 e. The summed E-state index contributed by atoms with van der Waals surface area (Å²) in [6.07, 6.45) is 0. The molecule has 1 heterocycles. The van der Waals surface area contributed by atoms with Crippen LogP contribution in [0.1, 0.15) is 18.1 Å². The number of anilines is 1. The minimum Gasteiger partial charge on any atom is -0.494 e. The molecule has 1 amide bonds. The molecule has 0 saturated heterocycles. The van der Waals surface area contributed by atoms with Crippen LogP contribution < -0.4 is 15.6 Å². The first kappa shape index (κ1) is 22.6. The summed E-state index contributed by atoms with van der Waals surface area (Å²) in [6.45, 7) is 6.47. The van der Waals surface area contributed by atoms with Crippen LogP contribution in [0.15, 0.2) is 76.7 Å². The van der Waals surface area contributed by atoms with Crippen LogP contribution in [0, 0.1) is 13.8 Å². The number of carbonyl (C=O) groups is 1. The van der Waals surface area contributed by atoms with Crippen LogP contribution in [0.4, 0.5) is 5.69 Å². The molecular weight excluding hydrogens is 434 g/mol. The first-order valence-corrected chi connectivity index (χ1v) is 11.7. The number of nitrogens with zero attached hydrogens (tertiary/aromatic N) is 2. The highest BCUT2D eigenvalue weighted by Crippen LogP contribution is 2.24. The lowest BCUT2D eigenvalue weighted by atomic mass is 10.1. The van der Waals surface area contributed by atoms with Gasteiger partial charge in [0.1, 0.15) is 5.75 Å². The van der Waals surface area contributed by atoms with E-state index in [4.69, 9.17) is 9.72 Å². The molecule has 4 rings (SSSR count). The second kappa shape index (κ2) is 9.92. The van der Waals surface area contributed by atoms with Gasteiger partial charge >= 0.3 is 0 Å². The molecular formula is C26H25N3O3S. The van der Waals surface area contributed by atoms with E-state index in [1.165, 1.54) is 11.8 Å². The third-order valence-corrected chi connectivity index (χ3v) is 6.30. The quantitative estimate of drug-likeness (QED) is 0.306. The van der Waals surface area contributed by atoms with Crippen molar-refractivity contribution < 1.29 is 9.53 Å². The molecule has 0 unspecified atom stereocenters. The van der Waals surface area contributed by atoms with Gasteiger partial charge in [0, 0.05) is 5.69 Å². The van der Waals surface area contributed by atoms with E-state index in [0.717, 1.165) is 22.6 Å². The van der Waals surface area contributed by atoms with E-state index in [-0.39, 0.29) is 17.2 Å². The van der Waals surface area contributed by atoms with Crippen LogP contribution in [0.5, 0.6) is 5.75 Å². The van der Waals surface area contributed by atoms with Crippen LogP contribution in [0.3, 0.4) is 0 Å². The fourth-order valence-corrected chi connectivity index (χ4v) is 4.31. The minimum absolute atomic E-state index is 0.120. The Kier molecular flexibility index (Phi) is 6.79. The summed E-state index contributed by atoms with van der Waals surface area (Å²) < 4.78 is 7.07. The Morgan fingerprint density at radius 2 is 1.79 bits per heavy atom. The molecule has 0 bridgehead atoms. The first-order chi connectivity index (χ1) is 16.0. The number of para-hydroxylation sites is 1. The summed E-state index contributed by atoms with van der Waals surface area (Å²) >= 11 is 1.23. The van der Waals surface area contributed by atoms with Gasteiger partial charge in [-0.25, -0.2) is 4.98 Å². The molecule has 4 aromatic rings. The third-order valence-electron chi connectivity index (χ3n) is 5.36. The lowest BCUT2D eigenvalue weighted by Gasteiger charge is -2.14. The van der Waals surface area contributed by atoms with Gasteiger partial charge in [-0.05, 0) is 74.4 Å². The van der Waals surface area contributed by atoms with Crippen molar-refractivity contribution in [3.05, 3.63) is 88.2 Å². The maximum absolute atomic E-state index is 13.4. The molecule has 0 aliphatic rings. The van der Waals surface area contributed by atoms with Gasteiger partial charge in [0.25, 0.3) is 5.56 Å². The summed E-state index contributed by atoms with van der Waals surface area (Å²) in [5.41, 5.74) is 4.02. The third kappa shape index (κ3) is 4.93. The van der Waals surface area contributed by atoms with Crippen LogP contribution >= 0.6 is 11.8 Å². The fraction of sp³-hybridized carbons (Fsp3) is 0.192. The van der Waals surface area contributed by atoms with Gasteiger partial charge in [-0.1, -0.05) is 36.0 Å². The van der Waals surface area contributed by atoms with E-state index < -0.39 is 0 Å². The maximum Gasteiger partial charge on any atom is 0.266 e. The number of carbonyl (C=O) groups excluding carboxylic acids is 1. The van der Waals surface area contributed by atoms with Crippen LogP contribution in [0.25, 0.3) is 16.6 Å². The number of benzene rings is 3. The second-order valence-electron chi connectivity index (χ2n) is 7.56. The predicted octanol–water partition coefficient (Wildman–Crippen LogP) is 5.13. The highest BCUT2D eigenvalue weighted by molar-refractivity contribution is 7.99. The van der Waals surface area contributed by atoms with Crippen LogP contribution in [-0.4, -0.2) is 27.8 Å². The number of nitrogens with one attached hydrogen (secondary N) is 1. The Balaban J connectivity index is 1.66. The molecule has 0 atom stereocenters. The number of hydrogen-bond donors (Lipinski definition) is 1. The van der Waals surface area contributed by atoms with Gasteiger partial charge in [0.15, 0.2) is 5.16 Å². The van der Waals surface area contributed by atoms with Crippen molar-refractivity contribution in [3.8, 4) is 11.4 Å². The van der Waals surface area contributed by atoms with Crippen LogP contribution in [-0.2, 0) is 4.79 Å². The molecule has 1 N–H and O–H groups in total. The Bertz CT molecular complexity index is 1360. The van der Waals surface area contributed by atoms with Crippen molar-refractivity contribution >= 4 is 34.3 Å². The molecule has 0 spiro atoms. The zero-order valence-corrected chi connectivity index (χ0v) is 19.6. The average Bonchev–Trinajstić information content (AvgIpc) is 2.82. The second-order valence-corrected chi connectivity index (χ2v) is 8.51. The molecule has 0 fully saturated rings. The molecule has 7 heteroatoms. The van der Waals surface area contributed by atoms with Crippen molar-refractivity contribution in [3.63, 3.8) is 0 Å². The first-order valence-electron chi connectivity index (χ1n) is 10.7. The van der Waals surface area contributed by atoms with Gasteiger partial charge in [-0.15, -0.1) is 0 Å². The highest BCUT2D eigenvalue weighted by atomic mass is 32.2. The topological polar surface area (TPSA) is 73.2 Å². The summed E-state index contributed by atoms with van der Waals surface area (Å²) in [7, 11) is 0. The van der Waals surface area contributed by atoms with Gasteiger partial charge in [0.2, 0.25) is 5.91 Å². The zero-order valence-electron chi connectivity index (χ0n) is 18.8. The van der Waals surface area contributed by atoms with Gasteiger partial charge in [-0.2, -0.15) is 0 Å². The number of aryl methyl sites for hydroxylation is 1. The van der Waals surface area contributed by atoms with E-state index in [1.54, 1.807) is 16.7 Å². The lowest BCUT2D eigenvalue weighted by molar-refractivity contribution is -0.113. The van der Waals surface area contributed by atoms with E-state index in [1.807, 2.05) is 75.4 Å². The van der Waals surface area contributed by atoms with E-state index in [0.29, 0.717) is 28.4 Å². The number of ether oxygens (including phenoxy) is 1. The average molecular weight is 460 g/mol.